The van der Waals surface area contributed by atoms with Gasteiger partial charge in [-0.1, -0.05) is 11.3 Å². The summed E-state index contributed by atoms with van der Waals surface area (Å²) in [6, 6.07) is 2.13. The maximum Gasteiger partial charge on any atom is 0.178 e. The number of hydrogen-bond acceptors (Lipinski definition) is 2. The van der Waals surface area contributed by atoms with Crippen molar-refractivity contribution in [1.82, 2.24) is 0 Å². The van der Waals surface area contributed by atoms with Crippen molar-refractivity contribution in [2.45, 2.75) is 6.42 Å². The average molecular weight is 205 g/mol. The second-order valence-electron chi connectivity index (χ2n) is 1.96. The molecule has 0 fully saturated rings. The summed E-state index contributed by atoms with van der Waals surface area (Å²) in [6.07, 6.45) is 1.08. The number of fused-ring (bicyclic) bond motifs is 1. The summed E-state index contributed by atoms with van der Waals surface area (Å²) < 4.78 is 6.48. The lowest BCUT2D eigenvalue weighted by Gasteiger charge is -1.87. The Balaban J connectivity index is 2.51. The summed E-state index contributed by atoms with van der Waals surface area (Å²) in [7, 11) is 0. The van der Waals surface area contributed by atoms with E-state index in [0.717, 1.165) is 18.1 Å². The number of hydrogen-bond donors (Lipinski definition) is 0. The molecule has 48 valence electrons. The molecule has 0 unspecified atom stereocenters. The van der Waals surface area contributed by atoms with Crippen molar-refractivity contribution in [3.05, 3.63) is 15.4 Å². The molecule has 0 spiro atoms. The van der Waals surface area contributed by atoms with E-state index in [1.54, 1.807) is 11.3 Å². The summed E-state index contributed by atoms with van der Waals surface area (Å²) in [5.74, 6) is 0. The smallest absolute Gasteiger partial charge is 0.178 e. The molecule has 0 amide bonds. The van der Waals surface area contributed by atoms with E-state index in [2.05, 4.69) is 22.0 Å². The predicted octanol–water partition coefficient (Wildman–Crippen LogP) is 2.45. The molecule has 0 bridgehead atoms. The highest BCUT2D eigenvalue weighted by atomic mass is 79.9. The van der Waals surface area contributed by atoms with E-state index >= 15 is 0 Å². The van der Waals surface area contributed by atoms with Crippen LogP contribution in [0.15, 0.2) is 9.85 Å². The molecule has 0 saturated carbocycles. The SMILES string of the molecule is Brc1cc2c(s1)OCC2. The van der Waals surface area contributed by atoms with Crippen molar-refractivity contribution in [2.75, 3.05) is 6.61 Å². The van der Waals surface area contributed by atoms with Gasteiger partial charge in [-0.05, 0) is 22.0 Å². The molecule has 2 heterocycles. The first kappa shape index (κ1) is 5.74. The van der Waals surface area contributed by atoms with E-state index in [0.29, 0.717) is 0 Å². The Hall–Kier alpha value is -0.0200. The quantitative estimate of drug-likeness (QED) is 0.632. The van der Waals surface area contributed by atoms with Crippen LogP contribution < -0.4 is 4.74 Å². The Morgan fingerprint density at radius 3 is 3.33 bits per heavy atom. The Labute approximate surface area is 65.8 Å². The molecule has 0 saturated heterocycles. The summed E-state index contributed by atoms with van der Waals surface area (Å²) >= 11 is 5.07. The van der Waals surface area contributed by atoms with Gasteiger partial charge in [0.15, 0.2) is 5.06 Å². The highest BCUT2D eigenvalue weighted by molar-refractivity contribution is 9.11. The van der Waals surface area contributed by atoms with Crippen LogP contribution in [0, 0.1) is 0 Å². The van der Waals surface area contributed by atoms with Gasteiger partial charge < -0.3 is 4.74 Å². The van der Waals surface area contributed by atoms with E-state index in [1.807, 2.05) is 0 Å². The Kier molecular flexibility index (Phi) is 1.27. The fourth-order valence-corrected chi connectivity index (χ4v) is 2.46. The molecule has 3 heteroatoms. The average Bonchev–Trinajstić information content (AvgIpc) is 2.22. The Morgan fingerprint density at radius 1 is 1.67 bits per heavy atom. The van der Waals surface area contributed by atoms with Crippen LogP contribution >= 0.6 is 27.3 Å². The molecule has 2 rings (SSSR count). The van der Waals surface area contributed by atoms with Crippen LogP contribution in [0.25, 0.3) is 0 Å². The summed E-state index contributed by atoms with van der Waals surface area (Å²) in [5.41, 5.74) is 1.35. The molecule has 0 aliphatic carbocycles. The molecule has 0 atom stereocenters. The lowest BCUT2D eigenvalue weighted by atomic mass is 10.3. The third-order valence-electron chi connectivity index (χ3n) is 1.34. The van der Waals surface area contributed by atoms with Crippen LogP contribution in [0.2, 0.25) is 0 Å². The van der Waals surface area contributed by atoms with Gasteiger partial charge in [0, 0.05) is 12.0 Å². The minimum atomic E-state index is 0.869. The maximum absolute atomic E-state index is 5.31. The summed E-state index contributed by atoms with van der Waals surface area (Å²) in [6.45, 7) is 0.869. The zero-order valence-electron chi connectivity index (χ0n) is 4.69. The van der Waals surface area contributed by atoms with Gasteiger partial charge in [0.05, 0.1) is 10.4 Å². The van der Waals surface area contributed by atoms with Gasteiger partial charge in [0.25, 0.3) is 0 Å². The van der Waals surface area contributed by atoms with Gasteiger partial charge in [-0.2, -0.15) is 0 Å². The van der Waals surface area contributed by atoms with E-state index in [1.165, 1.54) is 9.35 Å². The van der Waals surface area contributed by atoms with Crippen LogP contribution in [0.3, 0.4) is 0 Å². The third kappa shape index (κ3) is 0.883. The van der Waals surface area contributed by atoms with Crippen molar-refractivity contribution in [2.24, 2.45) is 0 Å². The molecule has 0 N–H and O–H groups in total. The minimum absolute atomic E-state index is 0.869. The first-order chi connectivity index (χ1) is 4.36. The maximum atomic E-state index is 5.31. The molecule has 1 aromatic rings. The van der Waals surface area contributed by atoms with Crippen molar-refractivity contribution < 1.29 is 4.74 Å². The van der Waals surface area contributed by atoms with Gasteiger partial charge in [-0.3, -0.25) is 0 Å². The van der Waals surface area contributed by atoms with Gasteiger partial charge in [0.2, 0.25) is 0 Å². The van der Waals surface area contributed by atoms with Crippen molar-refractivity contribution in [3.8, 4) is 5.06 Å². The molecule has 1 aliphatic rings. The van der Waals surface area contributed by atoms with E-state index in [-0.39, 0.29) is 0 Å². The lowest BCUT2D eigenvalue weighted by molar-refractivity contribution is 0.365. The van der Waals surface area contributed by atoms with Crippen molar-refractivity contribution in [1.29, 1.82) is 0 Å². The number of rotatable bonds is 0. The van der Waals surface area contributed by atoms with Crippen LogP contribution in [-0.2, 0) is 6.42 Å². The monoisotopic (exact) mass is 204 g/mol. The summed E-state index contributed by atoms with van der Waals surface area (Å²) in [4.78, 5) is 0. The Bertz CT molecular complexity index is 209. The fraction of sp³-hybridized carbons (Fsp3) is 0.333. The third-order valence-corrected chi connectivity index (χ3v) is 2.94. The molecule has 1 aliphatic heterocycles. The minimum Gasteiger partial charge on any atom is -0.483 e. The number of halogens is 1. The first-order valence-corrected chi connectivity index (χ1v) is 4.38. The first-order valence-electron chi connectivity index (χ1n) is 2.77. The van der Waals surface area contributed by atoms with E-state index in [4.69, 9.17) is 4.74 Å². The topological polar surface area (TPSA) is 9.23 Å². The molecule has 1 nitrogen and oxygen atoms in total. The molecular weight excluding hydrogens is 200 g/mol. The molecule has 0 radical (unpaired) electrons. The molecule has 9 heavy (non-hydrogen) atoms. The number of ether oxygens (including phenoxy) is 1. The standard InChI is InChI=1S/C6H5BrOS/c7-5-3-4-1-2-8-6(4)9-5/h3H,1-2H2. The highest BCUT2D eigenvalue weighted by Gasteiger charge is 2.14. The van der Waals surface area contributed by atoms with Crippen molar-refractivity contribution >= 4 is 27.3 Å². The molecule has 0 aromatic carbocycles. The largest absolute Gasteiger partial charge is 0.483 e. The second kappa shape index (κ2) is 1.99. The molecule has 1 aromatic heterocycles. The van der Waals surface area contributed by atoms with Gasteiger partial charge in [-0.25, -0.2) is 0 Å². The lowest BCUT2D eigenvalue weighted by Crippen LogP contribution is -1.86. The van der Waals surface area contributed by atoms with Crippen LogP contribution in [0.4, 0.5) is 0 Å². The highest BCUT2D eigenvalue weighted by Crippen LogP contribution is 2.37. The predicted molar refractivity (Wildman–Crippen MR) is 41.2 cm³/mol. The number of thiophene rings is 1. The van der Waals surface area contributed by atoms with Crippen LogP contribution in [-0.4, -0.2) is 6.61 Å². The molecular formula is C6H5BrOS. The van der Waals surface area contributed by atoms with Gasteiger partial charge in [0.1, 0.15) is 0 Å². The van der Waals surface area contributed by atoms with E-state index < -0.39 is 0 Å². The Morgan fingerprint density at radius 2 is 2.56 bits per heavy atom. The van der Waals surface area contributed by atoms with Gasteiger partial charge in [-0.15, -0.1) is 0 Å². The normalized spacial score (nSPS) is 15.2. The fourth-order valence-electron chi connectivity index (χ4n) is 0.930. The second-order valence-corrected chi connectivity index (χ2v) is 4.36. The van der Waals surface area contributed by atoms with Crippen molar-refractivity contribution in [3.63, 3.8) is 0 Å². The van der Waals surface area contributed by atoms with E-state index in [9.17, 15) is 0 Å². The van der Waals surface area contributed by atoms with Gasteiger partial charge >= 0.3 is 0 Å². The summed E-state index contributed by atoms with van der Waals surface area (Å²) in [5, 5.41) is 1.10. The zero-order chi connectivity index (χ0) is 6.27. The zero-order valence-corrected chi connectivity index (χ0v) is 7.09. The van der Waals surface area contributed by atoms with Crippen LogP contribution in [0.5, 0.6) is 5.06 Å². The van der Waals surface area contributed by atoms with Crippen LogP contribution in [0.1, 0.15) is 5.56 Å².